The summed E-state index contributed by atoms with van der Waals surface area (Å²) >= 11 is 6.41. The first-order valence-corrected chi connectivity index (χ1v) is 11.6. The minimum atomic E-state index is -0.274. The van der Waals surface area contributed by atoms with Gasteiger partial charge in [-0.15, -0.1) is 0 Å². The van der Waals surface area contributed by atoms with Gasteiger partial charge in [0.2, 0.25) is 5.95 Å². The number of carbonyl (C=O) groups is 1. The first-order valence-electron chi connectivity index (χ1n) is 11.2. The maximum absolute atomic E-state index is 13.5. The molecule has 8 nitrogen and oxygen atoms in total. The second-order valence-electron chi connectivity index (χ2n) is 8.44. The molecule has 2 aromatic heterocycles. The maximum Gasteiger partial charge on any atom is 0.298 e. The Hall–Kier alpha value is -3.46. The van der Waals surface area contributed by atoms with Crippen LogP contribution in [0.15, 0.2) is 42.6 Å². The van der Waals surface area contributed by atoms with Gasteiger partial charge in [-0.3, -0.25) is 4.79 Å². The number of aromatic nitrogens is 3. The van der Waals surface area contributed by atoms with E-state index >= 15 is 0 Å². The molecule has 1 atom stereocenters. The monoisotopic (exact) mass is 482 g/mol. The fraction of sp³-hybridized carbons (Fsp3) is 0.333. The van der Waals surface area contributed by atoms with Crippen molar-refractivity contribution in [3.63, 3.8) is 0 Å². The van der Waals surface area contributed by atoms with Gasteiger partial charge in [0, 0.05) is 56.5 Å². The number of piperazine rings is 1. The zero-order chi connectivity index (χ0) is 23.7. The Morgan fingerprint density at radius 3 is 2.53 bits per heavy atom. The molecule has 0 saturated carbocycles. The Kier molecular flexibility index (Phi) is 6.19. The van der Waals surface area contributed by atoms with Gasteiger partial charge in [0.1, 0.15) is 17.5 Å². The molecule has 2 aliphatic rings. The van der Waals surface area contributed by atoms with E-state index in [2.05, 4.69) is 26.6 Å². The van der Waals surface area contributed by atoms with Gasteiger partial charge in [-0.25, -0.2) is 14.4 Å². The molecule has 0 bridgehead atoms. The normalized spacial score (nSPS) is 18.0. The average Bonchev–Trinajstić information content (AvgIpc) is 2.78. The molecule has 5 rings (SSSR count). The zero-order valence-corrected chi connectivity index (χ0v) is 19.5. The van der Waals surface area contributed by atoms with Gasteiger partial charge in [0.05, 0.1) is 16.9 Å². The smallest absolute Gasteiger partial charge is 0.298 e. The number of halogens is 2. The summed E-state index contributed by atoms with van der Waals surface area (Å²) in [4.78, 5) is 31.1. The van der Waals surface area contributed by atoms with E-state index in [0.717, 1.165) is 36.6 Å². The molecule has 0 unspecified atom stereocenters. The molecular weight excluding hydrogens is 459 g/mol. The van der Waals surface area contributed by atoms with Crippen LogP contribution < -0.4 is 19.4 Å². The molecular formula is C24H24ClFN6O2. The topological polar surface area (TPSA) is 74.7 Å². The average molecular weight is 483 g/mol. The van der Waals surface area contributed by atoms with Crippen molar-refractivity contribution in [2.24, 2.45) is 0 Å². The number of carbonyl (C=O) groups excluding carboxylic acids is 1. The molecule has 2 saturated heterocycles. The summed E-state index contributed by atoms with van der Waals surface area (Å²) in [6.45, 7) is 6.45. The lowest BCUT2D eigenvalue weighted by atomic mass is 10.1. The lowest BCUT2D eigenvalue weighted by Crippen LogP contribution is -2.53. The van der Waals surface area contributed by atoms with Crippen LogP contribution in [0, 0.1) is 5.82 Å². The molecule has 176 valence electrons. The van der Waals surface area contributed by atoms with Crippen LogP contribution in [0.5, 0.6) is 5.75 Å². The van der Waals surface area contributed by atoms with E-state index < -0.39 is 0 Å². The molecule has 10 heteroatoms. The highest BCUT2D eigenvalue weighted by atomic mass is 35.5. The predicted molar refractivity (Wildman–Crippen MR) is 129 cm³/mol. The third-order valence-corrected chi connectivity index (χ3v) is 6.46. The Morgan fingerprint density at radius 2 is 1.88 bits per heavy atom. The number of pyridine rings is 1. The van der Waals surface area contributed by atoms with E-state index in [1.165, 1.54) is 18.3 Å². The lowest BCUT2D eigenvalue weighted by Gasteiger charge is -2.41. The van der Waals surface area contributed by atoms with E-state index in [1.54, 1.807) is 18.2 Å². The molecule has 4 heterocycles. The highest BCUT2D eigenvalue weighted by Gasteiger charge is 2.29. The van der Waals surface area contributed by atoms with Gasteiger partial charge in [-0.2, -0.15) is 4.98 Å². The van der Waals surface area contributed by atoms with E-state index in [1.807, 2.05) is 6.07 Å². The molecule has 2 fully saturated rings. The van der Waals surface area contributed by atoms with Gasteiger partial charge < -0.3 is 19.4 Å². The van der Waals surface area contributed by atoms with Gasteiger partial charge in [0.15, 0.2) is 5.75 Å². The third-order valence-electron chi connectivity index (χ3n) is 6.18. The van der Waals surface area contributed by atoms with Gasteiger partial charge in [-0.05, 0) is 37.6 Å². The summed E-state index contributed by atoms with van der Waals surface area (Å²) in [6.07, 6.45) is 2.62. The maximum atomic E-state index is 13.5. The first-order chi connectivity index (χ1) is 16.5. The minimum Gasteiger partial charge on any atom is -0.427 e. The van der Waals surface area contributed by atoms with Crippen LogP contribution in [0.1, 0.15) is 13.3 Å². The second kappa shape index (κ2) is 9.42. The SMILES string of the molecule is C[C@@H]1CN(c2ncc(OC=O)cc2Cl)CCN1c1cc(-c2ccc(F)cc2)nc(N2CCC2)n1. The van der Waals surface area contributed by atoms with Crippen LogP contribution in [0.4, 0.5) is 22.0 Å². The highest BCUT2D eigenvalue weighted by molar-refractivity contribution is 6.33. The molecule has 1 aromatic carbocycles. The van der Waals surface area contributed by atoms with Crippen molar-refractivity contribution in [1.29, 1.82) is 0 Å². The minimum absolute atomic E-state index is 0.123. The van der Waals surface area contributed by atoms with Gasteiger partial charge in [0.25, 0.3) is 6.47 Å². The molecule has 0 aliphatic carbocycles. The molecule has 2 aliphatic heterocycles. The van der Waals surface area contributed by atoms with E-state index in [9.17, 15) is 9.18 Å². The van der Waals surface area contributed by atoms with E-state index in [4.69, 9.17) is 26.3 Å². The van der Waals surface area contributed by atoms with E-state index in [-0.39, 0.29) is 11.9 Å². The number of hydrogen-bond donors (Lipinski definition) is 0. The third kappa shape index (κ3) is 4.48. The van der Waals surface area contributed by atoms with Crippen molar-refractivity contribution in [2.75, 3.05) is 47.4 Å². The largest absolute Gasteiger partial charge is 0.427 e. The summed E-state index contributed by atoms with van der Waals surface area (Å²) in [7, 11) is 0. The predicted octanol–water partition coefficient (Wildman–Crippen LogP) is 3.79. The van der Waals surface area contributed by atoms with Crippen LogP contribution in [0.2, 0.25) is 5.02 Å². The Morgan fingerprint density at radius 1 is 1.09 bits per heavy atom. The molecule has 34 heavy (non-hydrogen) atoms. The molecule has 0 amide bonds. The fourth-order valence-electron chi connectivity index (χ4n) is 4.25. The van der Waals surface area contributed by atoms with Crippen molar-refractivity contribution in [2.45, 2.75) is 19.4 Å². The molecule has 3 aromatic rings. The van der Waals surface area contributed by atoms with Crippen molar-refractivity contribution in [3.05, 3.63) is 53.4 Å². The van der Waals surface area contributed by atoms with Crippen molar-refractivity contribution >= 4 is 35.7 Å². The molecule has 0 radical (unpaired) electrons. The number of rotatable bonds is 6. The van der Waals surface area contributed by atoms with Crippen molar-refractivity contribution < 1.29 is 13.9 Å². The number of anilines is 3. The summed E-state index contributed by atoms with van der Waals surface area (Å²) < 4.78 is 18.3. The Bertz CT molecular complexity index is 1190. The zero-order valence-electron chi connectivity index (χ0n) is 18.7. The fourth-order valence-corrected chi connectivity index (χ4v) is 4.53. The highest BCUT2D eigenvalue weighted by Crippen LogP contribution is 2.32. The standard InChI is InChI=1S/C24H24ClFN6O2/c1-16-14-31(23-20(25)11-19(13-27-23)34-15-33)9-10-32(16)22-12-21(17-3-5-18(26)6-4-17)28-24(29-22)30-7-2-8-30/h3-6,11-13,15-16H,2,7-10,14H2,1H3/t16-/m1/s1. The van der Waals surface area contributed by atoms with Crippen molar-refractivity contribution in [1.82, 2.24) is 15.0 Å². The number of nitrogens with zero attached hydrogens (tertiary/aromatic N) is 6. The van der Waals surface area contributed by atoms with Crippen LogP contribution in [0.25, 0.3) is 11.3 Å². The second-order valence-corrected chi connectivity index (χ2v) is 8.85. The Labute approximate surface area is 202 Å². The molecule has 0 N–H and O–H groups in total. The van der Waals surface area contributed by atoms with Crippen LogP contribution in [-0.4, -0.2) is 60.2 Å². The summed E-state index contributed by atoms with van der Waals surface area (Å²) in [6, 6.07) is 10.1. The van der Waals surface area contributed by atoms with Gasteiger partial charge in [-0.1, -0.05) is 11.6 Å². The van der Waals surface area contributed by atoms with Gasteiger partial charge >= 0.3 is 0 Å². The van der Waals surface area contributed by atoms with Crippen molar-refractivity contribution in [3.8, 4) is 17.0 Å². The quantitative estimate of drug-likeness (QED) is 0.491. The Balaban J connectivity index is 1.40. The van der Waals surface area contributed by atoms with E-state index in [0.29, 0.717) is 48.6 Å². The number of ether oxygens (including phenoxy) is 1. The molecule has 0 spiro atoms. The van der Waals surface area contributed by atoms with Crippen LogP contribution in [0.3, 0.4) is 0 Å². The van der Waals surface area contributed by atoms with Crippen LogP contribution >= 0.6 is 11.6 Å². The van der Waals surface area contributed by atoms with Crippen LogP contribution in [-0.2, 0) is 4.79 Å². The number of hydrogen-bond acceptors (Lipinski definition) is 8. The first kappa shape index (κ1) is 22.3. The summed E-state index contributed by atoms with van der Waals surface area (Å²) in [5.74, 6) is 2.24. The number of benzene rings is 1. The summed E-state index contributed by atoms with van der Waals surface area (Å²) in [5.41, 5.74) is 1.63. The lowest BCUT2D eigenvalue weighted by molar-refractivity contribution is -0.120. The summed E-state index contributed by atoms with van der Waals surface area (Å²) in [5, 5.41) is 0.431.